The van der Waals surface area contributed by atoms with Crippen molar-refractivity contribution in [2.75, 3.05) is 18.4 Å². The van der Waals surface area contributed by atoms with E-state index in [9.17, 15) is 8.42 Å². The molecule has 1 aliphatic rings. The summed E-state index contributed by atoms with van der Waals surface area (Å²) in [4.78, 5) is 8.05. The highest BCUT2D eigenvalue weighted by molar-refractivity contribution is 7.89. The quantitative estimate of drug-likeness (QED) is 0.276. The van der Waals surface area contributed by atoms with Crippen molar-refractivity contribution < 1.29 is 17.3 Å². The maximum atomic E-state index is 13.6. The predicted molar refractivity (Wildman–Crippen MR) is 137 cm³/mol. The van der Waals surface area contributed by atoms with Crippen LogP contribution in [0.15, 0.2) is 35.4 Å². The largest absolute Gasteiger partial charge is 0.400 e. The zero-order valence-corrected chi connectivity index (χ0v) is 24.4. The third-order valence-corrected chi connectivity index (χ3v) is 9.57. The van der Waals surface area contributed by atoms with E-state index in [2.05, 4.69) is 42.2 Å². The third-order valence-electron chi connectivity index (χ3n) is 5.92. The Balaban J connectivity index is 1.85. The number of benzene rings is 1. The number of rotatable bonds is 10. The smallest absolute Gasteiger partial charge is 0.245 e. The van der Waals surface area contributed by atoms with Crippen LogP contribution in [-0.4, -0.2) is 61.6 Å². The molecule has 8 nitrogen and oxygen atoms in total. The van der Waals surface area contributed by atoms with Crippen LogP contribution in [0.1, 0.15) is 20.3 Å². The van der Waals surface area contributed by atoms with E-state index in [0.29, 0.717) is 18.8 Å². The van der Waals surface area contributed by atoms with Gasteiger partial charge in [0, 0.05) is 18.5 Å². The van der Waals surface area contributed by atoms with Gasteiger partial charge in [-0.05, 0) is 36.1 Å². The first-order chi connectivity index (χ1) is 15.6. The average molecular weight is 550 g/mol. The SMILES string of the molecule is C[SiH2]OC(O[SiH2]C)C(C)(C)[C@H]1CCN(S(=O)(=O)c2ccccc2Nc2nc(Cl)ncc2Cl)C1. The highest BCUT2D eigenvalue weighted by Crippen LogP contribution is 2.41. The first kappa shape index (κ1) is 26.5. The Hall–Kier alpha value is -1.06. The Labute approximate surface area is 210 Å². The molecule has 3 rings (SSSR count). The van der Waals surface area contributed by atoms with Crippen LogP contribution < -0.4 is 5.32 Å². The first-order valence-electron chi connectivity index (χ1n) is 10.9. The van der Waals surface area contributed by atoms with Gasteiger partial charge in [0.2, 0.25) is 15.3 Å². The third kappa shape index (κ3) is 5.96. The number of nitrogens with one attached hydrogen (secondary N) is 1. The van der Waals surface area contributed by atoms with Crippen molar-refractivity contribution in [1.82, 2.24) is 14.3 Å². The highest BCUT2D eigenvalue weighted by Gasteiger charge is 2.44. The summed E-state index contributed by atoms with van der Waals surface area (Å²) in [5.41, 5.74) is 0.0784. The molecule has 1 aromatic carbocycles. The van der Waals surface area contributed by atoms with Crippen LogP contribution in [0.5, 0.6) is 0 Å². The average Bonchev–Trinajstić information content (AvgIpc) is 3.29. The highest BCUT2D eigenvalue weighted by atomic mass is 35.5. The molecule has 33 heavy (non-hydrogen) atoms. The van der Waals surface area contributed by atoms with Gasteiger partial charge in [-0.15, -0.1) is 0 Å². The second-order valence-electron chi connectivity index (χ2n) is 8.37. The second kappa shape index (κ2) is 11.1. The van der Waals surface area contributed by atoms with Crippen LogP contribution in [0.3, 0.4) is 0 Å². The topological polar surface area (TPSA) is 93.7 Å². The fraction of sp³-hybridized carbons (Fsp3) is 0.500. The van der Waals surface area contributed by atoms with Gasteiger partial charge in [0.15, 0.2) is 25.3 Å². The molecular formula is C20H30Cl2N4O4SSi2. The molecule has 1 atom stereocenters. The molecule has 1 fully saturated rings. The predicted octanol–water partition coefficient (Wildman–Crippen LogP) is 3.19. The minimum absolute atomic E-state index is 0.0103. The van der Waals surface area contributed by atoms with E-state index in [1.54, 1.807) is 24.3 Å². The van der Waals surface area contributed by atoms with Crippen LogP contribution in [-0.2, 0) is 18.9 Å². The van der Waals surface area contributed by atoms with Crippen LogP contribution >= 0.6 is 23.2 Å². The molecule has 1 aliphatic heterocycles. The van der Waals surface area contributed by atoms with Crippen molar-refractivity contribution in [3.63, 3.8) is 0 Å². The summed E-state index contributed by atoms with van der Waals surface area (Å²) in [7, 11) is -5.08. The number of para-hydroxylation sites is 1. The molecule has 2 heterocycles. The summed E-state index contributed by atoms with van der Waals surface area (Å²) in [6.45, 7) is 9.23. The van der Waals surface area contributed by atoms with Gasteiger partial charge >= 0.3 is 0 Å². The van der Waals surface area contributed by atoms with Gasteiger partial charge in [0.05, 0.1) is 11.9 Å². The molecule has 182 valence electrons. The van der Waals surface area contributed by atoms with Crippen molar-refractivity contribution in [1.29, 1.82) is 0 Å². The Morgan fingerprint density at radius 3 is 2.55 bits per heavy atom. The molecule has 2 aromatic rings. The van der Waals surface area contributed by atoms with E-state index in [4.69, 9.17) is 32.1 Å². The molecule has 1 aromatic heterocycles. The van der Waals surface area contributed by atoms with E-state index in [-0.39, 0.29) is 38.6 Å². The van der Waals surface area contributed by atoms with Crippen LogP contribution in [0.25, 0.3) is 0 Å². The van der Waals surface area contributed by atoms with E-state index in [1.165, 1.54) is 10.5 Å². The minimum atomic E-state index is -3.77. The summed E-state index contributed by atoms with van der Waals surface area (Å²) in [5, 5.41) is 3.25. The maximum absolute atomic E-state index is 13.6. The van der Waals surface area contributed by atoms with E-state index in [0.717, 1.165) is 6.42 Å². The van der Waals surface area contributed by atoms with Gasteiger partial charge in [-0.3, -0.25) is 0 Å². The number of nitrogens with zero attached hydrogens (tertiary/aromatic N) is 3. The molecule has 1 saturated heterocycles. The Morgan fingerprint density at radius 1 is 1.21 bits per heavy atom. The van der Waals surface area contributed by atoms with Gasteiger partial charge in [-0.2, -0.15) is 9.29 Å². The Kier molecular flexibility index (Phi) is 8.95. The zero-order chi connectivity index (χ0) is 24.2. The molecule has 0 radical (unpaired) electrons. The molecule has 0 spiro atoms. The molecule has 0 amide bonds. The van der Waals surface area contributed by atoms with Crippen LogP contribution in [0.4, 0.5) is 11.5 Å². The standard InChI is InChI=1S/C20H30Cl2N4O4SSi2/c1-20(2,18(29-32-3)30-33-4)13-9-10-26(12-13)31(27,28)16-8-6-5-7-15(16)24-17-14(21)11-23-19(22)25-17/h5-8,11,13,18H,9-10,12,32-33H2,1-4H3,(H,23,24,25)/t13-/m0/s1. The summed E-state index contributed by atoms with van der Waals surface area (Å²) < 4.78 is 40.8. The fourth-order valence-electron chi connectivity index (χ4n) is 4.02. The van der Waals surface area contributed by atoms with Crippen molar-refractivity contribution in [3.8, 4) is 0 Å². The number of hydrogen-bond acceptors (Lipinski definition) is 7. The van der Waals surface area contributed by atoms with Gasteiger partial charge in [-0.25, -0.2) is 13.4 Å². The lowest BCUT2D eigenvalue weighted by Gasteiger charge is -2.39. The van der Waals surface area contributed by atoms with E-state index in [1.807, 2.05) is 0 Å². The van der Waals surface area contributed by atoms with Gasteiger partial charge in [0.25, 0.3) is 0 Å². The second-order valence-corrected chi connectivity index (χ2v) is 12.8. The molecule has 0 bridgehead atoms. The van der Waals surface area contributed by atoms with Crippen molar-refractivity contribution >= 4 is 64.3 Å². The summed E-state index contributed by atoms with van der Waals surface area (Å²) >= 11 is 12.0. The van der Waals surface area contributed by atoms with Gasteiger partial charge in [0.1, 0.15) is 16.2 Å². The first-order valence-corrected chi connectivity index (χ1v) is 17.1. The number of anilines is 2. The Bertz CT molecular complexity index is 1070. The van der Waals surface area contributed by atoms with Gasteiger partial charge in [-0.1, -0.05) is 50.7 Å². The van der Waals surface area contributed by atoms with Crippen molar-refractivity contribution in [2.24, 2.45) is 11.3 Å². The summed E-state index contributed by atoms with van der Waals surface area (Å²) in [5.74, 6) is 0.359. The van der Waals surface area contributed by atoms with E-state index >= 15 is 0 Å². The number of halogens is 2. The molecule has 13 heteroatoms. The number of sulfonamides is 1. The number of hydrogen-bond donors (Lipinski definition) is 1. The van der Waals surface area contributed by atoms with Gasteiger partial charge < -0.3 is 14.2 Å². The molecule has 0 aliphatic carbocycles. The lowest BCUT2D eigenvalue weighted by atomic mass is 9.78. The zero-order valence-electron chi connectivity index (χ0n) is 19.2. The van der Waals surface area contributed by atoms with E-state index < -0.39 is 29.5 Å². The number of aromatic nitrogens is 2. The minimum Gasteiger partial charge on any atom is -0.400 e. The van der Waals surface area contributed by atoms with Crippen molar-refractivity contribution in [3.05, 3.63) is 40.8 Å². The molecule has 0 unspecified atom stereocenters. The summed E-state index contributed by atoms with van der Waals surface area (Å²) in [6.07, 6.45) is 1.83. The molecule has 1 N–H and O–H groups in total. The lowest BCUT2D eigenvalue weighted by Crippen LogP contribution is -2.43. The van der Waals surface area contributed by atoms with Crippen LogP contribution in [0.2, 0.25) is 23.4 Å². The van der Waals surface area contributed by atoms with Crippen molar-refractivity contribution in [2.45, 2.75) is 44.5 Å². The van der Waals surface area contributed by atoms with Crippen LogP contribution in [0, 0.1) is 11.3 Å². The fourth-order valence-corrected chi connectivity index (χ4v) is 7.79. The lowest BCUT2D eigenvalue weighted by molar-refractivity contribution is -0.102. The maximum Gasteiger partial charge on any atom is 0.245 e. The Morgan fingerprint density at radius 2 is 1.88 bits per heavy atom. The summed E-state index contributed by atoms with van der Waals surface area (Å²) in [6, 6.07) is 6.69. The normalized spacial score (nSPS) is 19.2. The monoisotopic (exact) mass is 548 g/mol. The molecule has 0 saturated carbocycles. The molecular weight excluding hydrogens is 519 g/mol.